The minimum Gasteiger partial charge on any atom is -0.398 e. The Morgan fingerprint density at radius 1 is 1.15 bits per heavy atom. The number of fused-ring (bicyclic) bond motifs is 1. The van der Waals surface area contributed by atoms with Crippen LogP contribution in [0.3, 0.4) is 0 Å². The molecule has 4 N–H and O–H groups in total. The average molecular weight is 373 g/mol. The summed E-state index contributed by atoms with van der Waals surface area (Å²) in [5.41, 5.74) is 6.79. The lowest BCUT2D eigenvalue weighted by Gasteiger charge is -2.11. The summed E-state index contributed by atoms with van der Waals surface area (Å²) in [6.07, 6.45) is -2.43. The van der Waals surface area contributed by atoms with E-state index in [2.05, 4.69) is 20.3 Å². The highest BCUT2D eigenvalue weighted by Gasteiger charge is 2.33. The fraction of sp³-hybridized carbons (Fsp3) is 0.167. The molecule has 1 aliphatic heterocycles. The number of nitrogens with zero attached hydrogens (tertiary/aromatic N) is 2. The standard InChI is InChI=1S/C18H14F3N5O/c19-18(20,21)11-7-9(1-2-12(11)22)16-23-5-4-14(26-16)15-8-10-13(25-15)3-6-24-17(10)27/h1-2,4-5,7-8,25H,3,6,22H2,(H,24,27). The van der Waals surface area contributed by atoms with Crippen molar-refractivity contribution in [2.24, 2.45) is 0 Å². The average Bonchev–Trinajstić information content (AvgIpc) is 3.07. The van der Waals surface area contributed by atoms with Crippen LogP contribution in [-0.4, -0.2) is 27.4 Å². The maximum atomic E-state index is 13.1. The Balaban J connectivity index is 1.75. The molecule has 0 unspecified atom stereocenters. The van der Waals surface area contributed by atoms with Crippen LogP contribution in [0.25, 0.3) is 22.8 Å². The zero-order valence-electron chi connectivity index (χ0n) is 13.9. The van der Waals surface area contributed by atoms with Gasteiger partial charge < -0.3 is 16.0 Å². The molecule has 4 rings (SSSR count). The zero-order chi connectivity index (χ0) is 19.2. The van der Waals surface area contributed by atoms with E-state index in [0.717, 1.165) is 11.8 Å². The number of alkyl halides is 3. The topological polar surface area (TPSA) is 96.7 Å². The van der Waals surface area contributed by atoms with E-state index < -0.39 is 11.7 Å². The molecule has 0 bridgehead atoms. The first-order chi connectivity index (χ1) is 12.8. The molecule has 0 spiro atoms. The maximum Gasteiger partial charge on any atom is 0.418 e. The third-order valence-electron chi connectivity index (χ3n) is 4.35. The van der Waals surface area contributed by atoms with Crippen molar-refractivity contribution in [1.82, 2.24) is 20.3 Å². The van der Waals surface area contributed by atoms with Crippen LogP contribution in [0.2, 0.25) is 0 Å². The van der Waals surface area contributed by atoms with E-state index in [4.69, 9.17) is 5.73 Å². The van der Waals surface area contributed by atoms with Crippen LogP contribution in [0.1, 0.15) is 21.6 Å². The van der Waals surface area contributed by atoms with Crippen molar-refractivity contribution in [3.05, 3.63) is 53.3 Å². The van der Waals surface area contributed by atoms with Gasteiger partial charge in [0.1, 0.15) is 0 Å². The van der Waals surface area contributed by atoms with Crippen molar-refractivity contribution in [2.45, 2.75) is 12.6 Å². The Hall–Kier alpha value is -3.36. The number of nitrogens with two attached hydrogens (primary N) is 1. The van der Waals surface area contributed by atoms with Gasteiger partial charge in [-0.25, -0.2) is 9.97 Å². The molecule has 9 heteroatoms. The largest absolute Gasteiger partial charge is 0.418 e. The molecule has 0 atom stereocenters. The van der Waals surface area contributed by atoms with Crippen molar-refractivity contribution in [3.63, 3.8) is 0 Å². The normalized spacial score (nSPS) is 14.0. The second-order valence-electron chi connectivity index (χ2n) is 6.15. The molecule has 27 heavy (non-hydrogen) atoms. The molecule has 1 aromatic carbocycles. The number of carbonyl (C=O) groups excluding carboxylic acids is 1. The summed E-state index contributed by atoms with van der Waals surface area (Å²) in [6, 6.07) is 6.87. The summed E-state index contributed by atoms with van der Waals surface area (Å²) >= 11 is 0. The number of carbonyl (C=O) groups is 1. The highest BCUT2D eigenvalue weighted by atomic mass is 19.4. The summed E-state index contributed by atoms with van der Waals surface area (Å²) in [5, 5.41) is 2.76. The molecule has 0 fully saturated rings. The van der Waals surface area contributed by atoms with Gasteiger partial charge in [-0.1, -0.05) is 0 Å². The van der Waals surface area contributed by atoms with E-state index in [9.17, 15) is 18.0 Å². The third-order valence-corrected chi connectivity index (χ3v) is 4.35. The number of hydrogen-bond acceptors (Lipinski definition) is 4. The van der Waals surface area contributed by atoms with Crippen molar-refractivity contribution >= 4 is 11.6 Å². The quantitative estimate of drug-likeness (QED) is 0.602. The number of H-pyrrole nitrogens is 1. The van der Waals surface area contributed by atoms with Gasteiger partial charge in [-0.2, -0.15) is 13.2 Å². The molecule has 0 saturated heterocycles. The first-order valence-corrected chi connectivity index (χ1v) is 8.13. The number of aromatic amines is 1. The summed E-state index contributed by atoms with van der Waals surface area (Å²) < 4.78 is 39.3. The lowest BCUT2D eigenvalue weighted by molar-refractivity contribution is -0.136. The first kappa shape index (κ1) is 17.1. The SMILES string of the molecule is Nc1ccc(-c2nccc(-c3cc4c([nH]3)CCNC4=O)n2)cc1C(F)(F)F. The fourth-order valence-electron chi connectivity index (χ4n) is 3.02. The second kappa shape index (κ2) is 6.11. The predicted octanol–water partition coefficient (Wildman–Crippen LogP) is 3.03. The lowest BCUT2D eigenvalue weighted by atomic mass is 10.1. The number of halogens is 3. The number of aromatic nitrogens is 3. The van der Waals surface area contributed by atoms with Gasteiger partial charge in [0.15, 0.2) is 5.82 Å². The van der Waals surface area contributed by atoms with Gasteiger partial charge in [-0.15, -0.1) is 0 Å². The Kier molecular flexibility index (Phi) is 3.87. The Bertz CT molecular complexity index is 1040. The molecule has 2 aromatic heterocycles. The molecule has 0 saturated carbocycles. The molecule has 138 valence electrons. The number of anilines is 1. The van der Waals surface area contributed by atoms with E-state index in [1.54, 1.807) is 12.1 Å². The smallest absolute Gasteiger partial charge is 0.398 e. The predicted molar refractivity (Wildman–Crippen MR) is 92.7 cm³/mol. The Morgan fingerprint density at radius 2 is 1.96 bits per heavy atom. The number of rotatable bonds is 2. The zero-order valence-corrected chi connectivity index (χ0v) is 13.9. The highest BCUT2D eigenvalue weighted by molar-refractivity contribution is 5.97. The summed E-state index contributed by atoms with van der Waals surface area (Å²) in [5.74, 6) is -0.0311. The molecule has 1 amide bonds. The molecule has 0 aliphatic carbocycles. The summed E-state index contributed by atoms with van der Waals surface area (Å²) in [7, 11) is 0. The number of nitrogen functional groups attached to an aromatic ring is 1. The van der Waals surface area contributed by atoms with Crippen LogP contribution in [0.15, 0.2) is 36.5 Å². The first-order valence-electron chi connectivity index (χ1n) is 8.13. The molecular formula is C18H14F3N5O. The second-order valence-corrected chi connectivity index (χ2v) is 6.15. The summed E-state index contributed by atoms with van der Waals surface area (Å²) in [6.45, 7) is 0.548. The number of amides is 1. The van der Waals surface area contributed by atoms with Gasteiger partial charge >= 0.3 is 6.18 Å². The van der Waals surface area contributed by atoms with Crippen LogP contribution < -0.4 is 11.1 Å². The molecule has 6 nitrogen and oxygen atoms in total. The van der Waals surface area contributed by atoms with Gasteiger partial charge in [0, 0.05) is 36.1 Å². The number of hydrogen-bond donors (Lipinski definition) is 3. The van der Waals surface area contributed by atoms with E-state index in [1.807, 2.05) is 0 Å². The monoisotopic (exact) mass is 373 g/mol. The van der Waals surface area contributed by atoms with Crippen molar-refractivity contribution in [1.29, 1.82) is 0 Å². The van der Waals surface area contributed by atoms with Crippen molar-refractivity contribution < 1.29 is 18.0 Å². The van der Waals surface area contributed by atoms with Crippen molar-refractivity contribution in [2.75, 3.05) is 12.3 Å². The van der Waals surface area contributed by atoms with Gasteiger partial charge in [0.25, 0.3) is 5.91 Å². The third kappa shape index (κ3) is 3.12. The van der Waals surface area contributed by atoms with E-state index in [0.29, 0.717) is 29.9 Å². The minimum absolute atomic E-state index is 0.134. The van der Waals surface area contributed by atoms with E-state index in [-0.39, 0.29) is 23.0 Å². The van der Waals surface area contributed by atoms with Crippen LogP contribution in [-0.2, 0) is 12.6 Å². The van der Waals surface area contributed by atoms with E-state index in [1.165, 1.54) is 18.3 Å². The van der Waals surface area contributed by atoms with Gasteiger partial charge in [0.2, 0.25) is 0 Å². The summed E-state index contributed by atoms with van der Waals surface area (Å²) in [4.78, 5) is 23.5. The van der Waals surface area contributed by atoms with Crippen LogP contribution in [0, 0.1) is 0 Å². The van der Waals surface area contributed by atoms with Crippen LogP contribution >= 0.6 is 0 Å². The van der Waals surface area contributed by atoms with Crippen LogP contribution in [0.5, 0.6) is 0 Å². The number of nitrogens with one attached hydrogen (secondary N) is 2. The highest BCUT2D eigenvalue weighted by Crippen LogP contribution is 2.36. The number of benzene rings is 1. The Morgan fingerprint density at radius 3 is 2.70 bits per heavy atom. The van der Waals surface area contributed by atoms with Gasteiger partial charge in [-0.05, 0) is 30.3 Å². The van der Waals surface area contributed by atoms with Crippen LogP contribution in [0.4, 0.5) is 18.9 Å². The fourth-order valence-corrected chi connectivity index (χ4v) is 3.02. The minimum atomic E-state index is -4.57. The molecular weight excluding hydrogens is 359 g/mol. The molecule has 3 heterocycles. The van der Waals surface area contributed by atoms with Gasteiger partial charge in [0.05, 0.1) is 22.5 Å². The lowest BCUT2D eigenvalue weighted by Crippen LogP contribution is -2.31. The molecule has 3 aromatic rings. The molecule has 1 aliphatic rings. The van der Waals surface area contributed by atoms with Gasteiger partial charge in [-0.3, -0.25) is 4.79 Å². The van der Waals surface area contributed by atoms with E-state index >= 15 is 0 Å². The Labute approximate surface area is 151 Å². The molecule has 0 radical (unpaired) electrons. The maximum absolute atomic E-state index is 13.1. The van der Waals surface area contributed by atoms with Crippen molar-refractivity contribution in [3.8, 4) is 22.8 Å².